The van der Waals surface area contributed by atoms with Crippen LogP contribution < -0.4 is 5.32 Å². The van der Waals surface area contributed by atoms with Gasteiger partial charge in [0, 0.05) is 24.1 Å². The lowest BCUT2D eigenvalue weighted by atomic mass is 10.1. The summed E-state index contributed by atoms with van der Waals surface area (Å²) < 4.78 is 1.20. The first-order chi connectivity index (χ1) is 10.2. The Morgan fingerprint density at radius 3 is 2.71 bits per heavy atom. The number of hydrogen-bond acceptors (Lipinski definition) is 3. The molecule has 0 amide bonds. The van der Waals surface area contributed by atoms with Gasteiger partial charge in [0.15, 0.2) is 0 Å². The van der Waals surface area contributed by atoms with Crippen LogP contribution in [0.1, 0.15) is 30.0 Å². The highest BCUT2D eigenvalue weighted by atomic mass is 79.9. The Hall–Kier alpha value is -0.680. The zero-order valence-corrected chi connectivity index (χ0v) is 15.1. The number of hydrogen-bond donors (Lipinski definition) is 1. The summed E-state index contributed by atoms with van der Waals surface area (Å²) in [6.07, 6.45) is 1.17. The Balaban J connectivity index is 1.90. The fraction of sp³-hybridized carbons (Fsp3) is 0.412. The smallest absolute Gasteiger partial charge is 0.0245 e. The van der Waals surface area contributed by atoms with Crippen LogP contribution in [-0.4, -0.2) is 18.5 Å². The van der Waals surface area contributed by atoms with Gasteiger partial charge < -0.3 is 5.32 Å². The predicted molar refractivity (Wildman–Crippen MR) is 95.6 cm³/mol. The minimum atomic E-state index is 0.942. The third-order valence-electron chi connectivity index (χ3n) is 3.35. The number of rotatable bonds is 8. The largest absolute Gasteiger partial charge is 0.313 e. The molecule has 21 heavy (non-hydrogen) atoms. The van der Waals surface area contributed by atoms with E-state index in [1.165, 1.54) is 27.6 Å². The van der Waals surface area contributed by atoms with Crippen LogP contribution in [0.5, 0.6) is 0 Å². The monoisotopic (exact) mass is 366 g/mol. The summed E-state index contributed by atoms with van der Waals surface area (Å²) in [5, 5.41) is 7.79. The predicted octanol–water partition coefficient (Wildman–Crippen LogP) is 4.64. The second-order valence-electron chi connectivity index (χ2n) is 5.41. The van der Waals surface area contributed by atoms with Crippen LogP contribution in [0.15, 0.2) is 39.5 Å². The summed E-state index contributed by atoms with van der Waals surface area (Å²) in [7, 11) is 2.17. The zero-order chi connectivity index (χ0) is 15.1. The minimum Gasteiger partial charge on any atom is -0.313 e. The topological polar surface area (TPSA) is 15.3 Å². The van der Waals surface area contributed by atoms with Crippen molar-refractivity contribution in [2.24, 2.45) is 0 Å². The highest BCUT2D eigenvalue weighted by Gasteiger charge is 2.06. The van der Waals surface area contributed by atoms with Crippen LogP contribution >= 0.6 is 27.3 Å². The lowest BCUT2D eigenvalue weighted by molar-refractivity contribution is 0.319. The van der Waals surface area contributed by atoms with Gasteiger partial charge in [-0.3, -0.25) is 4.90 Å². The third-order valence-corrected chi connectivity index (χ3v) is 4.82. The molecule has 1 heterocycles. The number of nitrogens with one attached hydrogen (secondary N) is 1. The molecule has 0 aliphatic carbocycles. The minimum absolute atomic E-state index is 0.942. The summed E-state index contributed by atoms with van der Waals surface area (Å²) in [6, 6.07) is 8.88. The van der Waals surface area contributed by atoms with Gasteiger partial charge in [-0.15, -0.1) is 0 Å². The molecule has 0 atom stereocenters. The van der Waals surface area contributed by atoms with E-state index in [2.05, 4.69) is 75.1 Å². The standard InChI is InChI=1S/C17H23BrN2S/c1-3-7-19-10-14-4-5-16(17(18)9-14)12-20(2)11-15-6-8-21-13-15/h4-6,8-9,13,19H,3,7,10-12H2,1-2H3. The fourth-order valence-corrected chi connectivity index (χ4v) is 3.49. The van der Waals surface area contributed by atoms with Crippen LogP contribution in [0, 0.1) is 0 Å². The molecule has 0 aliphatic rings. The second-order valence-corrected chi connectivity index (χ2v) is 7.04. The van der Waals surface area contributed by atoms with Crippen LogP contribution in [0.3, 0.4) is 0 Å². The van der Waals surface area contributed by atoms with E-state index in [0.29, 0.717) is 0 Å². The Morgan fingerprint density at radius 1 is 1.19 bits per heavy atom. The van der Waals surface area contributed by atoms with Crippen molar-refractivity contribution in [1.82, 2.24) is 10.2 Å². The molecular weight excluding hydrogens is 344 g/mol. The molecule has 2 nitrogen and oxygen atoms in total. The van der Waals surface area contributed by atoms with Gasteiger partial charge >= 0.3 is 0 Å². The van der Waals surface area contributed by atoms with E-state index < -0.39 is 0 Å². The average molecular weight is 367 g/mol. The van der Waals surface area contributed by atoms with Gasteiger partial charge in [-0.05, 0) is 59.6 Å². The summed E-state index contributed by atoms with van der Waals surface area (Å²) in [5.41, 5.74) is 4.06. The summed E-state index contributed by atoms with van der Waals surface area (Å²) in [5.74, 6) is 0. The Bertz CT molecular complexity index is 540. The van der Waals surface area contributed by atoms with Gasteiger partial charge in [-0.2, -0.15) is 11.3 Å². The molecule has 0 radical (unpaired) electrons. The summed E-state index contributed by atoms with van der Waals surface area (Å²) >= 11 is 5.47. The van der Waals surface area contributed by atoms with E-state index >= 15 is 0 Å². The fourth-order valence-electron chi connectivity index (χ4n) is 2.28. The molecule has 0 aliphatic heterocycles. The van der Waals surface area contributed by atoms with Gasteiger partial charge in [-0.25, -0.2) is 0 Å². The van der Waals surface area contributed by atoms with E-state index in [9.17, 15) is 0 Å². The van der Waals surface area contributed by atoms with Crippen molar-refractivity contribution in [3.63, 3.8) is 0 Å². The van der Waals surface area contributed by atoms with E-state index in [0.717, 1.165) is 26.2 Å². The maximum absolute atomic E-state index is 3.71. The summed E-state index contributed by atoms with van der Waals surface area (Å²) in [4.78, 5) is 2.34. The molecule has 0 saturated heterocycles. The van der Waals surface area contributed by atoms with E-state index in [1.54, 1.807) is 11.3 Å². The van der Waals surface area contributed by atoms with Crippen LogP contribution in [-0.2, 0) is 19.6 Å². The third kappa shape index (κ3) is 5.55. The molecule has 4 heteroatoms. The molecule has 0 fully saturated rings. The first kappa shape index (κ1) is 16.7. The van der Waals surface area contributed by atoms with Crippen molar-refractivity contribution in [2.75, 3.05) is 13.6 Å². The van der Waals surface area contributed by atoms with Crippen LogP contribution in [0.25, 0.3) is 0 Å². The van der Waals surface area contributed by atoms with Crippen molar-refractivity contribution in [2.45, 2.75) is 33.0 Å². The first-order valence-corrected chi connectivity index (χ1v) is 9.10. The maximum atomic E-state index is 3.71. The number of benzene rings is 1. The molecule has 0 unspecified atom stereocenters. The van der Waals surface area contributed by atoms with Crippen LogP contribution in [0.4, 0.5) is 0 Å². The lowest BCUT2D eigenvalue weighted by Crippen LogP contribution is -2.17. The van der Waals surface area contributed by atoms with Crippen molar-refractivity contribution >= 4 is 27.3 Å². The van der Waals surface area contributed by atoms with Crippen molar-refractivity contribution < 1.29 is 0 Å². The van der Waals surface area contributed by atoms with Crippen molar-refractivity contribution in [3.05, 3.63) is 56.2 Å². The lowest BCUT2D eigenvalue weighted by Gasteiger charge is -2.17. The molecule has 2 rings (SSSR count). The molecule has 1 N–H and O–H groups in total. The normalized spacial score (nSPS) is 11.2. The molecule has 114 valence electrons. The van der Waals surface area contributed by atoms with E-state index in [4.69, 9.17) is 0 Å². The number of nitrogens with zero attached hydrogens (tertiary/aromatic N) is 1. The van der Waals surface area contributed by atoms with Gasteiger partial charge in [0.05, 0.1) is 0 Å². The summed E-state index contributed by atoms with van der Waals surface area (Å²) in [6.45, 7) is 6.16. The SMILES string of the molecule is CCCNCc1ccc(CN(C)Cc2ccsc2)c(Br)c1. The Morgan fingerprint density at radius 2 is 2.05 bits per heavy atom. The Kier molecular flexibility index (Phi) is 6.90. The number of halogens is 1. The molecule has 1 aromatic carbocycles. The van der Waals surface area contributed by atoms with Crippen molar-refractivity contribution in [1.29, 1.82) is 0 Å². The highest BCUT2D eigenvalue weighted by Crippen LogP contribution is 2.21. The second kappa shape index (κ2) is 8.69. The molecule has 1 aromatic heterocycles. The molecule has 0 bridgehead atoms. The molecule has 0 saturated carbocycles. The van der Waals surface area contributed by atoms with E-state index in [1.807, 2.05) is 0 Å². The highest BCUT2D eigenvalue weighted by molar-refractivity contribution is 9.10. The van der Waals surface area contributed by atoms with Crippen LogP contribution in [0.2, 0.25) is 0 Å². The molecular formula is C17H23BrN2S. The van der Waals surface area contributed by atoms with Gasteiger partial charge in [0.25, 0.3) is 0 Å². The van der Waals surface area contributed by atoms with Gasteiger partial charge in [-0.1, -0.05) is 35.0 Å². The van der Waals surface area contributed by atoms with Gasteiger partial charge in [0.1, 0.15) is 0 Å². The van der Waals surface area contributed by atoms with E-state index in [-0.39, 0.29) is 0 Å². The number of thiophene rings is 1. The van der Waals surface area contributed by atoms with Crippen molar-refractivity contribution in [3.8, 4) is 0 Å². The maximum Gasteiger partial charge on any atom is 0.0245 e. The zero-order valence-electron chi connectivity index (χ0n) is 12.7. The first-order valence-electron chi connectivity index (χ1n) is 7.36. The average Bonchev–Trinajstić information content (AvgIpc) is 2.95. The Labute approximate surface area is 140 Å². The molecule has 2 aromatic rings. The van der Waals surface area contributed by atoms with Gasteiger partial charge in [0.2, 0.25) is 0 Å². The molecule has 0 spiro atoms. The quantitative estimate of drug-likeness (QED) is 0.684.